The van der Waals surface area contributed by atoms with Gasteiger partial charge in [-0.1, -0.05) is 26.7 Å². The fourth-order valence-corrected chi connectivity index (χ4v) is 2.85. The summed E-state index contributed by atoms with van der Waals surface area (Å²) in [6.07, 6.45) is -0.687. The van der Waals surface area contributed by atoms with E-state index in [1.54, 1.807) is 14.2 Å². The molecule has 0 amide bonds. The summed E-state index contributed by atoms with van der Waals surface area (Å²) < 4.78 is 28.4. The van der Waals surface area contributed by atoms with Crippen LogP contribution in [-0.2, 0) is 23.7 Å². The van der Waals surface area contributed by atoms with E-state index in [2.05, 4.69) is 16.8 Å². The van der Waals surface area contributed by atoms with E-state index < -0.39 is 30.2 Å². The van der Waals surface area contributed by atoms with Gasteiger partial charge in [-0.25, -0.2) is 4.79 Å². The fraction of sp³-hybridized carbons (Fsp3) is 0.684. The molecule has 1 saturated heterocycles. The summed E-state index contributed by atoms with van der Waals surface area (Å²) in [5.41, 5.74) is 5.56. The zero-order valence-corrected chi connectivity index (χ0v) is 15.6. The number of ether oxygens (including phenoxy) is 5. The monoisotopic (exact) mass is 415 g/mol. The predicted molar refractivity (Wildman–Crippen MR) is 109 cm³/mol. The quantitative estimate of drug-likeness (QED) is 0.446. The van der Waals surface area contributed by atoms with Crippen LogP contribution < -0.4 is 11.4 Å². The lowest BCUT2D eigenvalue weighted by atomic mass is 10.1. The zero-order chi connectivity index (χ0) is 19.8. The van der Waals surface area contributed by atoms with Gasteiger partial charge in [0.25, 0.3) is 0 Å². The predicted octanol–water partition coefficient (Wildman–Crippen LogP) is 0.0319. The van der Waals surface area contributed by atoms with Gasteiger partial charge in [0.1, 0.15) is 30.7 Å². The van der Waals surface area contributed by atoms with Gasteiger partial charge >= 0.3 is 5.69 Å². The molecule has 10 nitrogen and oxygen atoms in total. The molecule has 1 aromatic heterocycles. The maximum atomic E-state index is 12.4. The minimum Gasteiger partial charge on any atom is -0.394 e. The van der Waals surface area contributed by atoms with Gasteiger partial charge in [0.05, 0.1) is 25.4 Å². The first-order valence-corrected chi connectivity index (χ1v) is 8.33. The third-order valence-electron chi connectivity index (χ3n) is 4.05. The number of hydrogen-bond donors (Lipinski definition) is 2. The largest absolute Gasteiger partial charge is 0.394 e. The van der Waals surface area contributed by atoms with Crippen molar-refractivity contribution in [3.63, 3.8) is 0 Å². The maximum absolute atomic E-state index is 12.4. The van der Waals surface area contributed by atoms with E-state index in [0.29, 0.717) is 5.56 Å². The van der Waals surface area contributed by atoms with E-state index in [1.807, 2.05) is 0 Å². The summed E-state index contributed by atoms with van der Waals surface area (Å²) in [5, 5.41) is 8.68. The van der Waals surface area contributed by atoms with Crippen molar-refractivity contribution in [1.82, 2.24) is 9.55 Å². The highest BCUT2D eigenvalue weighted by molar-refractivity contribution is 5.49. The normalized spacial score (nSPS) is 22.9. The Hall–Kier alpha value is -2.00. The first-order valence-electron chi connectivity index (χ1n) is 8.33. The first kappa shape index (κ1) is 27.0. The molecular formula is C19H33N3O7. The Balaban J connectivity index is 0.00000392. The molecule has 0 spiro atoms. The molecule has 3 N–H and O–H groups in total. The second-order valence-electron chi connectivity index (χ2n) is 5.73. The van der Waals surface area contributed by atoms with Gasteiger partial charge in [0.2, 0.25) is 0 Å². The van der Waals surface area contributed by atoms with Crippen LogP contribution in [0.25, 0.3) is 0 Å². The van der Waals surface area contributed by atoms with E-state index in [4.69, 9.17) is 34.5 Å². The van der Waals surface area contributed by atoms with Crippen LogP contribution in [0.5, 0.6) is 0 Å². The Morgan fingerprint density at radius 2 is 1.97 bits per heavy atom. The van der Waals surface area contributed by atoms with Crippen molar-refractivity contribution >= 4 is 5.82 Å². The Morgan fingerprint density at radius 3 is 2.55 bits per heavy atom. The van der Waals surface area contributed by atoms with Crippen molar-refractivity contribution < 1.29 is 28.8 Å². The van der Waals surface area contributed by atoms with Gasteiger partial charge in [-0.3, -0.25) is 4.57 Å². The number of aromatic nitrogens is 2. The Morgan fingerprint density at radius 1 is 1.28 bits per heavy atom. The van der Waals surface area contributed by atoms with Gasteiger partial charge in [-0.2, -0.15) is 4.98 Å². The molecular weight excluding hydrogens is 382 g/mol. The lowest BCUT2D eigenvalue weighted by Crippen LogP contribution is -2.39. The summed E-state index contributed by atoms with van der Waals surface area (Å²) in [4.78, 5) is 16.2. The van der Waals surface area contributed by atoms with Crippen LogP contribution in [0, 0.1) is 11.8 Å². The number of hydrogen-bond acceptors (Lipinski definition) is 9. The van der Waals surface area contributed by atoms with Crippen LogP contribution in [0.4, 0.5) is 5.82 Å². The summed E-state index contributed by atoms with van der Waals surface area (Å²) in [6, 6.07) is 0. The van der Waals surface area contributed by atoms with Gasteiger partial charge < -0.3 is 34.5 Å². The van der Waals surface area contributed by atoms with Crippen molar-refractivity contribution in [3.05, 3.63) is 22.2 Å². The van der Waals surface area contributed by atoms with Crippen LogP contribution in [0.15, 0.2) is 11.0 Å². The Bertz CT molecular complexity index is 729. The summed E-state index contributed by atoms with van der Waals surface area (Å²) in [7, 11) is 4.60. The topological polar surface area (TPSA) is 127 Å². The van der Waals surface area contributed by atoms with Crippen LogP contribution in [0.3, 0.4) is 0 Å². The Labute approximate surface area is 171 Å². The number of rotatable bonds is 8. The average molecular weight is 415 g/mol. The third kappa shape index (κ3) is 6.50. The molecule has 29 heavy (non-hydrogen) atoms. The summed E-state index contributed by atoms with van der Waals surface area (Å²) in [6.45, 7) is 0.492. The molecule has 0 bridgehead atoms. The molecule has 10 heteroatoms. The molecule has 1 fully saturated rings. The van der Waals surface area contributed by atoms with E-state index in [0.717, 1.165) is 0 Å². The highest BCUT2D eigenvalue weighted by Crippen LogP contribution is 2.32. The molecule has 1 aliphatic rings. The average Bonchev–Trinajstić information content (AvgIpc) is 3.00. The zero-order valence-electron chi connectivity index (χ0n) is 15.6. The molecule has 0 aliphatic carbocycles. The second kappa shape index (κ2) is 13.3. The number of nitrogen functional groups attached to an aromatic ring is 1. The molecule has 1 aliphatic heterocycles. The minimum atomic E-state index is -0.771. The van der Waals surface area contributed by atoms with Gasteiger partial charge in [-0.15, -0.1) is 0 Å². The highest BCUT2D eigenvalue weighted by Gasteiger charge is 2.46. The number of aliphatic hydroxyl groups is 1. The maximum Gasteiger partial charge on any atom is 0.351 e. The van der Waals surface area contributed by atoms with Gasteiger partial charge in [0.15, 0.2) is 6.23 Å². The third-order valence-corrected chi connectivity index (χ3v) is 4.05. The van der Waals surface area contributed by atoms with Crippen molar-refractivity contribution in [2.45, 2.75) is 39.4 Å². The number of nitrogens with two attached hydrogens (primary N) is 1. The molecule has 0 saturated carbocycles. The number of nitrogens with zero attached hydrogens (tertiary/aromatic N) is 2. The van der Waals surface area contributed by atoms with Crippen molar-refractivity contribution in [2.75, 3.05) is 53.5 Å². The van der Waals surface area contributed by atoms with Crippen molar-refractivity contribution in [3.8, 4) is 11.8 Å². The standard InChI is InChI=1S/C17H25N3O7.2CH4/c1-23-10-12-13(24-2)14(25-3)16(27-12)20-9-11(15(18)19-17(20)22)5-4-7-26-8-6-21;;/h9,12-14,16,21H,6-8,10H2,1-3H3,(H2,18,19,22);2*1H4/t12-,13-,14-,16-;;/m1../s1. The fourth-order valence-electron chi connectivity index (χ4n) is 2.85. The van der Waals surface area contributed by atoms with E-state index in [1.165, 1.54) is 17.9 Å². The van der Waals surface area contributed by atoms with Crippen LogP contribution >= 0.6 is 0 Å². The Kier molecular flexibility index (Phi) is 12.4. The molecule has 2 heterocycles. The second-order valence-corrected chi connectivity index (χ2v) is 5.73. The number of anilines is 1. The van der Waals surface area contributed by atoms with Gasteiger partial charge in [0, 0.05) is 27.5 Å². The van der Waals surface area contributed by atoms with Crippen LogP contribution in [0.2, 0.25) is 0 Å². The SMILES string of the molecule is C.C.COC[C@H]1O[C@@H](n2cc(C#CCOCCO)c(N)nc2=O)[C@H](OC)[C@@H]1OC. The number of methoxy groups -OCH3 is 3. The van der Waals surface area contributed by atoms with E-state index >= 15 is 0 Å². The summed E-state index contributed by atoms with van der Waals surface area (Å²) in [5.74, 6) is 5.56. The smallest absolute Gasteiger partial charge is 0.351 e. The molecule has 0 radical (unpaired) electrons. The molecule has 0 unspecified atom stereocenters. The summed E-state index contributed by atoms with van der Waals surface area (Å²) >= 11 is 0. The lowest BCUT2D eigenvalue weighted by Gasteiger charge is -2.22. The lowest BCUT2D eigenvalue weighted by molar-refractivity contribution is -0.0672. The van der Waals surface area contributed by atoms with Crippen LogP contribution in [0.1, 0.15) is 26.6 Å². The number of aliphatic hydroxyl groups excluding tert-OH is 1. The molecule has 4 atom stereocenters. The van der Waals surface area contributed by atoms with E-state index in [9.17, 15) is 4.79 Å². The first-order chi connectivity index (χ1) is 13.1. The molecule has 166 valence electrons. The minimum absolute atomic E-state index is 0. The highest BCUT2D eigenvalue weighted by atomic mass is 16.6. The van der Waals surface area contributed by atoms with Crippen molar-refractivity contribution in [1.29, 1.82) is 0 Å². The van der Waals surface area contributed by atoms with Crippen LogP contribution in [-0.4, -0.2) is 80.7 Å². The van der Waals surface area contributed by atoms with Gasteiger partial charge in [-0.05, 0) is 0 Å². The van der Waals surface area contributed by atoms with Crippen molar-refractivity contribution in [2.24, 2.45) is 0 Å². The van der Waals surface area contributed by atoms with E-state index in [-0.39, 0.29) is 47.1 Å². The molecule has 2 rings (SSSR count). The molecule has 0 aromatic carbocycles. The molecule has 1 aromatic rings.